The molecular weight excluding hydrogens is 273 g/mol. The van der Waals surface area contributed by atoms with Crippen LogP contribution in [-0.4, -0.2) is 12.6 Å². The average molecular weight is 283 g/mol. The minimum absolute atomic E-state index is 0.110. The second-order valence-corrected chi connectivity index (χ2v) is 4.55. The molecule has 0 fully saturated rings. The van der Waals surface area contributed by atoms with Gasteiger partial charge in [-0.25, -0.2) is 4.39 Å². The van der Waals surface area contributed by atoms with E-state index in [1.165, 1.54) is 24.3 Å². The molecule has 0 saturated carbocycles. The van der Waals surface area contributed by atoms with E-state index in [0.29, 0.717) is 22.6 Å². The quantitative estimate of drug-likeness (QED) is 0.812. The number of nitrogens with zero attached hydrogens (tertiary/aromatic N) is 1. The number of carbonyl (C=O) groups is 1. The molecule has 104 valence electrons. The average Bonchev–Trinajstić information content (AvgIpc) is 2.95. The van der Waals surface area contributed by atoms with E-state index in [0.717, 1.165) is 0 Å². The molecule has 1 heterocycles. The van der Waals surface area contributed by atoms with Crippen molar-refractivity contribution in [1.29, 1.82) is 5.26 Å². The molecule has 0 aliphatic carbocycles. The number of hydrogen-bond acceptors (Lipinski definition) is 4. The number of rotatable bonds is 3. The Bertz CT molecular complexity index is 751. The molecular formula is C16H10FNO3. The van der Waals surface area contributed by atoms with E-state index in [4.69, 9.17) is 9.47 Å². The lowest BCUT2D eigenvalue weighted by Crippen LogP contribution is -2.11. The van der Waals surface area contributed by atoms with Gasteiger partial charge >= 0.3 is 0 Å². The molecule has 1 aliphatic rings. The summed E-state index contributed by atoms with van der Waals surface area (Å²) in [5.74, 6) is -0.906. The van der Waals surface area contributed by atoms with E-state index in [2.05, 4.69) is 0 Å². The smallest absolute Gasteiger partial charge is 0.231 e. The van der Waals surface area contributed by atoms with Crippen LogP contribution < -0.4 is 9.47 Å². The molecule has 0 saturated heterocycles. The molecule has 1 aliphatic heterocycles. The van der Waals surface area contributed by atoms with E-state index < -0.39 is 17.5 Å². The zero-order valence-corrected chi connectivity index (χ0v) is 10.9. The highest BCUT2D eigenvalue weighted by Gasteiger charge is 2.24. The molecule has 0 radical (unpaired) electrons. The Morgan fingerprint density at radius 1 is 1.19 bits per heavy atom. The number of halogens is 1. The van der Waals surface area contributed by atoms with Crippen molar-refractivity contribution in [2.24, 2.45) is 0 Å². The Labute approximate surface area is 120 Å². The minimum Gasteiger partial charge on any atom is -0.454 e. The summed E-state index contributed by atoms with van der Waals surface area (Å²) in [5.41, 5.74) is 0.662. The van der Waals surface area contributed by atoms with Gasteiger partial charge in [0.15, 0.2) is 17.3 Å². The fourth-order valence-electron chi connectivity index (χ4n) is 2.19. The minimum atomic E-state index is -1.05. The van der Waals surface area contributed by atoms with Gasteiger partial charge < -0.3 is 9.47 Å². The molecule has 5 heteroatoms. The normalized spacial score (nSPS) is 13.5. The number of ether oxygens (including phenoxy) is 2. The Morgan fingerprint density at radius 3 is 2.76 bits per heavy atom. The first-order valence-corrected chi connectivity index (χ1v) is 6.28. The van der Waals surface area contributed by atoms with E-state index in [1.54, 1.807) is 18.2 Å². The fraction of sp³-hybridized carbons (Fsp3) is 0.125. The van der Waals surface area contributed by atoms with Crippen LogP contribution in [0.4, 0.5) is 4.39 Å². The summed E-state index contributed by atoms with van der Waals surface area (Å²) in [5, 5.41) is 9.25. The SMILES string of the molecule is N#CC(C(=O)c1ccc2c(c1)OCO2)c1cccc(F)c1. The Balaban J connectivity index is 1.95. The fourth-order valence-corrected chi connectivity index (χ4v) is 2.19. The predicted molar refractivity (Wildman–Crippen MR) is 71.6 cm³/mol. The first kappa shape index (κ1) is 13.1. The molecule has 3 rings (SSSR count). The van der Waals surface area contributed by atoms with Crippen molar-refractivity contribution >= 4 is 5.78 Å². The van der Waals surface area contributed by atoms with Gasteiger partial charge in [-0.15, -0.1) is 0 Å². The highest BCUT2D eigenvalue weighted by molar-refractivity contribution is 6.03. The van der Waals surface area contributed by atoms with Crippen molar-refractivity contribution in [3.8, 4) is 17.6 Å². The van der Waals surface area contributed by atoms with E-state index >= 15 is 0 Å². The van der Waals surface area contributed by atoms with Crippen LogP contribution in [0.1, 0.15) is 21.8 Å². The number of nitriles is 1. The van der Waals surface area contributed by atoms with Crippen LogP contribution in [0.5, 0.6) is 11.5 Å². The number of fused-ring (bicyclic) bond motifs is 1. The first-order valence-electron chi connectivity index (χ1n) is 6.28. The molecule has 1 atom stereocenters. The maximum absolute atomic E-state index is 13.3. The van der Waals surface area contributed by atoms with E-state index in [1.807, 2.05) is 6.07 Å². The molecule has 0 aromatic heterocycles. The molecule has 2 aromatic carbocycles. The summed E-state index contributed by atoms with van der Waals surface area (Å²) < 4.78 is 23.6. The monoisotopic (exact) mass is 283 g/mol. The van der Waals surface area contributed by atoms with Crippen LogP contribution in [0.2, 0.25) is 0 Å². The van der Waals surface area contributed by atoms with Gasteiger partial charge in [-0.2, -0.15) is 5.26 Å². The third kappa shape index (κ3) is 2.43. The highest BCUT2D eigenvalue weighted by atomic mass is 19.1. The molecule has 2 aromatic rings. The molecule has 4 nitrogen and oxygen atoms in total. The summed E-state index contributed by atoms with van der Waals surface area (Å²) in [4.78, 5) is 12.4. The number of benzene rings is 2. The van der Waals surface area contributed by atoms with Crippen LogP contribution >= 0.6 is 0 Å². The summed E-state index contributed by atoms with van der Waals surface area (Å²) in [6.45, 7) is 0.110. The lowest BCUT2D eigenvalue weighted by molar-refractivity contribution is 0.0978. The molecule has 0 N–H and O–H groups in total. The topological polar surface area (TPSA) is 59.3 Å². The Morgan fingerprint density at radius 2 is 2.00 bits per heavy atom. The summed E-state index contributed by atoms with van der Waals surface area (Å²) in [6.07, 6.45) is 0. The molecule has 0 amide bonds. The summed E-state index contributed by atoms with van der Waals surface area (Å²) in [6, 6.07) is 12.1. The summed E-state index contributed by atoms with van der Waals surface area (Å²) >= 11 is 0. The second-order valence-electron chi connectivity index (χ2n) is 4.55. The standard InChI is InChI=1S/C16H10FNO3/c17-12-3-1-2-10(6-12)13(8-18)16(19)11-4-5-14-15(7-11)21-9-20-14/h1-7,13H,9H2. The maximum Gasteiger partial charge on any atom is 0.231 e. The summed E-state index contributed by atoms with van der Waals surface area (Å²) in [7, 11) is 0. The van der Waals surface area contributed by atoms with E-state index in [9.17, 15) is 14.4 Å². The Hall–Kier alpha value is -2.87. The predicted octanol–water partition coefficient (Wildman–Crippen LogP) is 3.04. The largest absolute Gasteiger partial charge is 0.454 e. The number of carbonyl (C=O) groups excluding carboxylic acids is 1. The van der Waals surface area contributed by atoms with Crippen molar-refractivity contribution in [1.82, 2.24) is 0 Å². The van der Waals surface area contributed by atoms with E-state index in [-0.39, 0.29) is 6.79 Å². The zero-order chi connectivity index (χ0) is 14.8. The maximum atomic E-state index is 13.3. The van der Waals surface area contributed by atoms with Gasteiger partial charge in [-0.05, 0) is 35.9 Å². The molecule has 1 unspecified atom stereocenters. The third-order valence-electron chi connectivity index (χ3n) is 3.23. The highest BCUT2D eigenvalue weighted by Crippen LogP contribution is 2.34. The van der Waals surface area contributed by atoms with Crippen LogP contribution in [0.15, 0.2) is 42.5 Å². The molecule has 21 heavy (non-hydrogen) atoms. The third-order valence-corrected chi connectivity index (χ3v) is 3.23. The van der Waals surface area contributed by atoms with Gasteiger partial charge in [0.25, 0.3) is 0 Å². The lowest BCUT2D eigenvalue weighted by atomic mass is 9.91. The van der Waals surface area contributed by atoms with Crippen LogP contribution in [0, 0.1) is 17.1 Å². The number of hydrogen-bond donors (Lipinski definition) is 0. The Kier molecular flexibility index (Phi) is 3.28. The van der Waals surface area contributed by atoms with Gasteiger partial charge in [-0.3, -0.25) is 4.79 Å². The van der Waals surface area contributed by atoms with Gasteiger partial charge in [0.2, 0.25) is 6.79 Å². The lowest BCUT2D eigenvalue weighted by Gasteiger charge is -2.09. The van der Waals surface area contributed by atoms with Crippen LogP contribution in [0.3, 0.4) is 0 Å². The van der Waals surface area contributed by atoms with Crippen LogP contribution in [-0.2, 0) is 0 Å². The van der Waals surface area contributed by atoms with Gasteiger partial charge in [0, 0.05) is 5.56 Å². The van der Waals surface area contributed by atoms with Crippen molar-refractivity contribution in [2.75, 3.05) is 6.79 Å². The number of ketones is 1. The van der Waals surface area contributed by atoms with Gasteiger partial charge in [0.05, 0.1) is 6.07 Å². The van der Waals surface area contributed by atoms with Gasteiger partial charge in [0.1, 0.15) is 11.7 Å². The zero-order valence-electron chi connectivity index (χ0n) is 10.9. The van der Waals surface area contributed by atoms with Crippen molar-refractivity contribution in [2.45, 2.75) is 5.92 Å². The van der Waals surface area contributed by atoms with Crippen molar-refractivity contribution in [3.63, 3.8) is 0 Å². The van der Waals surface area contributed by atoms with Crippen molar-refractivity contribution in [3.05, 3.63) is 59.4 Å². The van der Waals surface area contributed by atoms with Gasteiger partial charge in [-0.1, -0.05) is 12.1 Å². The molecule has 0 spiro atoms. The first-order chi connectivity index (χ1) is 10.2. The number of Topliss-reactive ketones (excluding diaryl/α,β-unsaturated/α-hetero) is 1. The van der Waals surface area contributed by atoms with Crippen molar-refractivity contribution < 1.29 is 18.7 Å². The second kappa shape index (κ2) is 5.25. The van der Waals surface area contributed by atoms with Crippen LogP contribution in [0.25, 0.3) is 0 Å². The molecule has 0 bridgehead atoms.